The Kier molecular flexibility index (Phi) is 8.91. The van der Waals surface area contributed by atoms with Crippen LogP contribution in [-0.4, -0.2) is 53.0 Å². The van der Waals surface area contributed by atoms with E-state index in [4.69, 9.17) is 14.0 Å². The number of likely N-dealkylation sites (tertiary alicyclic amines) is 1. The third-order valence-corrected chi connectivity index (χ3v) is 7.86. The topological polar surface area (TPSA) is 60.9 Å². The maximum absolute atomic E-state index is 15.5. The Morgan fingerprint density at radius 1 is 1.07 bits per heavy atom. The molecule has 1 amide bonds. The quantitative estimate of drug-likeness (QED) is 0.347. The number of amides is 1. The number of carbonyl (C=O) groups excluding carboxylic acids is 1. The van der Waals surface area contributed by atoms with Crippen molar-refractivity contribution in [2.45, 2.75) is 84.5 Å². The Bertz CT molecular complexity index is 1210. The standard InChI is InChI=1S/C32H42BFN2O4/c1-30(2,3)38-29(37)36-18-15-24(16-19-36)26(22-33-39-31(4,5)32(6,7)40-33)21-27(34)20-23-11-13-25(14-12-23)28-10-8-9-17-35-28/h8-14,17,20,22,24H,15-16,18-19,21H2,1-7H3/b26-22+,27-20-. The van der Waals surface area contributed by atoms with E-state index in [1.165, 1.54) is 0 Å². The van der Waals surface area contributed by atoms with Gasteiger partial charge in [0.05, 0.1) is 16.9 Å². The Morgan fingerprint density at radius 2 is 1.70 bits per heavy atom. The van der Waals surface area contributed by atoms with Crippen LogP contribution in [0.1, 0.15) is 73.3 Å². The van der Waals surface area contributed by atoms with Crippen LogP contribution in [0.4, 0.5) is 9.18 Å². The van der Waals surface area contributed by atoms with Gasteiger partial charge in [0.1, 0.15) is 11.4 Å². The van der Waals surface area contributed by atoms with E-state index in [2.05, 4.69) is 4.98 Å². The molecule has 214 valence electrons. The van der Waals surface area contributed by atoms with Gasteiger partial charge in [0.15, 0.2) is 0 Å². The fraction of sp³-hybridized carbons (Fsp3) is 0.500. The molecular formula is C32H42BFN2O4. The summed E-state index contributed by atoms with van der Waals surface area (Å²) < 4.78 is 33.5. The SMILES string of the molecule is CC(C)(C)OC(=O)N1CCC(/C(=C/B2OC(C)(C)C(C)(C)O2)C/C(F)=C/c2ccc(-c3ccccn3)cc2)CC1. The van der Waals surface area contributed by atoms with Crippen LogP contribution < -0.4 is 0 Å². The molecule has 6 nitrogen and oxygen atoms in total. The number of piperidine rings is 1. The Labute approximate surface area is 238 Å². The Morgan fingerprint density at radius 3 is 2.25 bits per heavy atom. The number of carbonyl (C=O) groups is 1. The van der Waals surface area contributed by atoms with E-state index < -0.39 is 23.9 Å². The molecule has 0 aliphatic carbocycles. The van der Waals surface area contributed by atoms with Gasteiger partial charge in [-0.3, -0.25) is 4.98 Å². The first kappa shape index (κ1) is 30.0. The number of ether oxygens (including phenoxy) is 1. The van der Waals surface area contributed by atoms with Crippen LogP contribution in [0.2, 0.25) is 0 Å². The number of halogens is 1. The van der Waals surface area contributed by atoms with Gasteiger partial charge in [-0.15, -0.1) is 0 Å². The van der Waals surface area contributed by atoms with Crippen LogP contribution in [0.15, 0.2) is 66.0 Å². The zero-order chi connectivity index (χ0) is 29.1. The van der Waals surface area contributed by atoms with E-state index >= 15 is 4.39 Å². The zero-order valence-corrected chi connectivity index (χ0v) is 24.9. The van der Waals surface area contributed by atoms with Gasteiger partial charge in [-0.05, 0) is 91.0 Å². The molecule has 2 aliphatic rings. The summed E-state index contributed by atoms with van der Waals surface area (Å²) in [5.74, 6) is 1.81. The van der Waals surface area contributed by atoms with Crippen molar-refractivity contribution < 1.29 is 23.2 Å². The largest absolute Gasteiger partial charge is 0.487 e. The average molecular weight is 549 g/mol. The predicted molar refractivity (Wildman–Crippen MR) is 158 cm³/mol. The number of aromatic nitrogens is 1. The minimum Gasteiger partial charge on any atom is -0.444 e. The second kappa shape index (κ2) is 11.9. The molecule has 2 aliphatic heterocycles. The van der Waals surface area contributed by atoms with Crippen molar-refractivity contribution in [1.29, 1.82) is 0 Å². The summed E-state index contributed by atoms with van der Waals surface area (Å²) >= 11 is 0. The lowest BCUT2D eigenvalue weighted by Crippen LogP contribution is -2.42. The first-order valence-electron chi connectivity index (χ1n) is 14.1. The molecule has 2 aromatic rings. The lowest BCUT2D eigenvalue weighted by atomic mass is 9.78. The van der Waals surface area contributed by atoms with Crippen molar-refractivity contribution >= 4 is 19.3 Å². The number of allylic oxidation sites excluding steroid dienone is 2. The van der Waals surface area contributed by atoms with Crippen molar-refractivity contribution in [2.75, 3.05) is 13.1 Å². The molecule has 0 saturated carbocycles. The third-order valence-electron chi connectivity index (χ3n) is 7.86. The highest BCUT2D eigenvalue weighted by atomic mass is 19.1. The van der Waals surface area contributed by atoms with Crippen LogP contribution in [0.5, 0.6) is 0 Å². The third kappa shape index (κ3) is 7.61. The maximum atomic E-state index is 15.5. The number of hydrogen-bond donors (Lipinski definition) is 0. The number of nitrogens with zero attached hydrogens (tertiary/aromatic N) is 2. The number of hydrogen-bond acceptors (Lipinski definition) is 5. The van der Waals surface area contributed by atoms with Gasteiger partial charge in [-0.2, -0.15) is 0 Å². The molecule has 0 radical (unpaired) electrons. The van der Waals surface area contributed by atoms with Gasteiger partial charge in [0.25, 0.3) is 0 Å². The zero-order valence-electron chi connectivity index (χ0n) is 24.9. The van der Waals surface area contributed by atoms with Crippen LogP contribution in [0.25, 0.3) is 17.3 Å². The Balaban J connectivity index is 1.50. The van der Waals surface area contributed by atoms with Crippen LogP contribution >= 0.6 is 0 Å². The van der Waals surface area contributed by atoms with Crippen molar-refractivity contribution in [3.8, 4) is 11.3 Å². The second-order valence-corrected chi connectivity index (χ2v) is 12.7. The summed E-state index contributed by atoms with van der Waals surface area (Å²) in [7, 11) is -0.561. The molecule has 0 unspecified atom stereocenters. The van der Waals surface area contributed by atoms with Crippen LogP contribution in [-0.2, 0) is 14.0 Å². The Hall–Kier alpha value is -2.97. The van der Waals surface area contributed by atoms with Gasteiger partial charge in [-0.1, -0.05) is 41.9 Å². The van der Waals surface area contributed by atoms with E-state index in [1.807, 2.05) is 96.9 Å². The fourth-order valence-corrected chi connectivity index (χ4v) is 4.94. The number of rotatable bonds is 6. The predicted octanol–water partition coefficient (Wildman–Crippen LogP) is 7.65. The molecule has 0 bridgehead atoms. The van der Waals surface area contributed by atoms with Crippen molar-refractivity contribution in [2.24, 2.45) is 5.92 Å². The molecule has 2 saturated heterocycles. The van der Waals surface area contributed by atoms with Crippen molar-refractivity contribution in [1.82, 2.24) is 9.88 Å². The van der Waals surface area contributed by atoms with Gasteiger partial charge in [0, 0.05) is 31.3 Å². The van der Waals surface area contributed by atoms with Gasteiger partial charge in [-0.25, -0.2) is 9.18 Å². The monoisotopic (exact) mass is 548 g/mol. The number of benzene rings is 1. The van der Waals surface area contributed by atoms with Gasteiger partial charge < -0.3 is 18.9 Å². The highest BCUT2D eigenvalue weighted by Gasteiger charge is 2.50. The van der Waals surface area contributed by atoms with E-state index in [-0.39, 0.29) is 24.3 Å². The first-order valence-corrected chi connectivity index (χ1v) is 14.1. The van der Waals surface area contributed by atoms with Crippen LogP contribution in [0.3, 0.4) is 0 Å². The average Bonchev–Trinajstić information content (AvgIpc) is 3.09. The minimum atomic E-state index is -0.561. The highest BCUT2D eigenvalue weighted by Crippen LogP contribution is 2.39. The fourth-order valence-electron chi connectivity index (χ4n) is 4.94. The van der Waals surface area contributed by atoms with Crippen molar-refractivity contribution in [3.05, 3.63) is 71.6 Å². The molecular weight excluding hydrogens is 506 g/mol. The molecule has 0 spiro atoms. The van der Waals surface area contributed by atoms with Crippen molar-refractivity contribution in [3.63, 3.8) is 0 Å². The highest BCUT2D eigenvalue weighted by molar-refractivity contribution is 6.51. The second-order valence-electron chi connectivity index (χ2n) is 12.7. The van der Waals surface area contributed by atoms with Crippen LogP contribution in [0, 0.1) is 5.92 Å². The summed E-state index contributed by atoms with van der Waals surface area (Å²) in [6.07, 6.45) is 4.63. The van der Waals surface area contributed by atoms with E-state index in [0.29, 0.717) is 13.1 Å². The summed E-state index contributed by atoms with van der Waals surface area (Å²) in [6, 6.07) is 13.5. The minimum absolute atomic E-state index is 0.100. The molecule has 4 rings (SSSR count). The summed E-state index contributed by atoms with van der Waals surface area (Å²) in [4.78, 5) is 18.7. The lowest BCUT2D eigenvalue weighted by molar-refractivity contribution is 0.00578. The molecule has 3 heterocycles. The molecule has 8 heteroatoms. The summed E-state index contributed by atoms with van der Waals surface area (Å²) in [6.45, 7) is 14.7. The van der Waals surface area contributed by atoms with E-state index in [9.17, 15) is 4.79 Å². The molecule has 1 aromatic heterocycles. The van der Waals surface area contributed by atoms with E-state index in [1.54, 1.807) is 17.2 Å². The summed E-state index contributed by atoms with van der Waals surface area (Å²) in [5, 5.41) is 0. The van der Waals surface area contributed by atoms with Gasteiger partial charge >= 0.3 is 13.2 Å². The molecule has 1 aromatic carbocycles. The first-order chi connectivity index (χ1) is 18.7. The van der Waals surface area contributed by atoms with Gasteiger partial charge in [0.2, 0.25) is 0 Å². The smallest absolute Gasteiger partial charge is 0.444 e. The maximum Gasteiger partial charge on any atom is 0.487 e. The molecule has 2 fully saturated rings. The molecule has 40 heavy (non-hydrogen) atoms. The lowest BCUT2D eigenvalue weighted by Gasteiger charge is -2.34. The molecule has 0 N–H and O–H groups in total. The number of pyridine rings is 1. The molecule has 0 atom stereocenters. The summed E-state index contributed by atoms with van der Waals surface area (Å²) in [5.41, 5.74) is 2.07. The van der Waals surface area contributed by atoms with E-state index in [0.717, 1.165) is 35.2 Å². The normalized spacial score (nSPS) is 20.1.